The van der Waals surface area contributed by atoms with Crippen molar-refractivity contribution in [2.24, 2.45) is 0 Å². The van der Waals surface area contributed by atoms with Gasteiger partial charge in [0.05, 0.1) is 5.69 Å². The molecule has 27 heavy (non-hydrogen) atoms. The van der Waals surface area contributed by atoms with Gasteiger partial charge >= 0.3 is 0 Å². The summed E-state index contributed by atoms with van der Waals surface area (Å²) in [4.78, 5) is 8.42. The molecule has 3 aromatic heterocycles. The van der Waals surface area contributed by atoms with Crippen molar-refractivity contribution >= 4 is 5.82 Å². The molecule has 0 spiro atoms. The van der Waals surface area contributed by atoms with E-state index in [-0.39, 0.29) is 0 Å². The van der Waals surface area contributed by atoms with E-state index in [0.29, 0.717) is 30.5 Å². The van der Waals surface area contributed by atoms with Gasteiger partial charge in [0, 0.05) is 36.5 Å². The lowest BCUT2D eigenvalue weighted by Crippen LogP contribution is -2.00. The maximum atomic E-state index is 5.68. The third kappa shape index (κ3) is 5.28. The fourth-order valence-electron chi connectivity index (χ4n) is 2.39. The molecule has 0 saturated heterocycles. The number of hydrogen-bond donors (Lipinski definition) is 1. The highest BCUT2D eigenvalue weighted by Crippen LogP contribution is 2.21. The summed E-state index contributed by atoms with van der Waals surface area (Å²) >= 11 is 0. The number of nitrogens with zero attached hydrogens (tertiary/aromatic N) is 3. The minimum atomic E-state index is 0.472. The summed E-state index contributed by atoms with van der Waals surface area (Å²) in [5.41, 5.74) is 9.42. The van der Waals surface area contributed by atoms with Crippen molar-refractivity contribution in [3.63, 3.8) is 0 Å². The highest BCUT2D eigenvalue weighted by Gasteiger charge is 2.08. The minimum Gasteiger partial charge on any atom is -0.473 e. The molecule has 0 saturated carbocycles. The van der Waals surface area contributed by atoms with E-state index in [4.69, 9.17) is 15.0 Å². The Morgan fingerprint density at radius 3 is 2.78 bits per heavy atom. The monoisotopic (exact) mass is 362 g/mol. The maximum absolute atomic E-state index is 5.68. The van der Waals surface area contributed by atoms with Crippen LogP contribution >= 0.6 is 0 Å². The first-order valence-corrected chi connectivity index (χ1v) is 8.67. The zero-order valence-corrected chi connectivity index (χ0v) is 15.4. The lowest BCUT2D eigenvalue weighted by atomic mass is 10.1. The largest absolute Gasteiger partial charge is 0.473 e. The topological polar surface area (TPSA) is 87.1 Å². The molecule has 6 nitrogen and oxygen atoms in total. The van der Waals surface area contributed by atoms with Gasteiger partial charge in [0.25, 0.3) is 0 Å². The third-order valence-electron chi connectivity index (χ3n) is 3.83. The van der Waals surface area contributed by atoms with Crippen LogP contribution < -0.4 is 10.5 Å². The summed E-state index contributed by atoms with van der Waals surface area (Å²) in [6.45, 7) is 4.52. The van der Waals surface area contributed by atoms with Gasteiger partial charge in [-0.3, -0.25) is 0 Å². The van der Waals surface area contributed by atoms with Crippen molar-refractivity contribution in [3.8, 4) is 17.2 Å². The number of aromatic nitrogens is 3. The molecule has 138 valence electrons. The molecule has 0 bridgehead atoms. The van der Waals surface area contributed by atoms with E-state index in [9.17, 15) is 0 Å². The van der Waals surface area contributed by atoms with Gasteiger partial charge in [-0.05, 0) is 37.1 Å². The number of pyridine rings is 2. The SMILES string of the molecule is C/C=C\C=C(/C)COc1ccc(Cc2cc(-c3ccc(N)nc3)on2)cn1. The van der Waals surface area contributed by atoms with Crippen molar-refractivity contribution in [3.05, 3.63) is 77.8 Å². The lowest BCUT2D eigenvalue weighted by Gasteiger charge is -2.05. The zero-order valence-electron chi connectivity index (χ0n) is 15.4. The quantitative estimate of drug-likeness (QED) is 0.634. The van der Waals surface area contributed by atoms with Crippen molar-refractivity contribution in [2.45, 2.75) is 20.3 Å². The van der Waals surface area contributed by atoms with E-state index in [1.165, 1.54) is 0 Å². The molecule has 0 aliphatic heterocycles. The molecular formula is C21H22N4O2. The van der Waals surface area contributed by atoms with Gasteiger partial charge in [-0.15, -0.1) is 0 Å². The summed E-state index contributed by atoms with van der Waals surface area (Å²) in [5.74, 6) is 1.73. The summed E-state index contributed by atoms with van der Waals surface area (Å²) in [6.07, 6.45) is 10.1. The molecule has 0 fully saturated rings. The van der Waals surface area contributed by atoms with E-state index in [1.807, 2.05) is 56.3 Å². The molecule has 3 aromatic rings. The number of anilines is 1. The minimum absolute atomic E-state index is 0.472. The van der Waals surface area contributed by atoms with Crippen LogP contribution in [0.25, 0.3) is 11.3 Å². The number of ether oxygens (including phenoxy) is 1. The molecule has 0 aromatic carbocycles. The average Bonchev–Trinajstić information content (AvgIpc) is 3.15. The van der Waals surface area contributed by atoms with Gasteiger partial charge in [0.1, 0.15) is 12.4 Å². The molecule has 0 radical (unpaired) electrons. The first kappa shape index (κ1) is 18.4. The Balaban J connectivity index is 1.59. The fraction of sp³-hybridized carbons (Fsp3) is 0.190. The van der Waals surface area contributed by atoms with Crippen LogP contribution in [0.5, 0.6) is 5.88 Å². The first-order chi connectivity index (χ1) is 13.1. The van der Waals surface area contributed by atoms with Gasteiger partial charge in [0.15, 0.2) is 5.76 Å². The van der Waals surface area contributed by atoms with Gasteiger partial charge < -0.3 is 15.0 Å². The summed E-state index contributed by atoms with van der Waals surface area (Å²) in [6, 6.07) is 9.32. The molecule has 0 aliphatic rings. The number of rotatable bonds is 7. The Bertz CT molecular complexity index is 926. The van der Waals surface area contributed by atoms with Crippen LogP contribution in [0.2, 0.25) is 0 Å². The van der Waals surface area contributed by atoms with Crippen LogP contribution in [-0.2, 0) is 6.42 Å². The Labute approximate surface area is 158 Å². The van der Waals surface area contributed by atoms with Gasteiger partial charge in [-0.1, -0.05) is 29.5 Å². The molecule has 3 heterocycles. The number of allylic oxidation sites excluding steroid dienone is 3. The van der Waals surface area contributed by atoms with Crippen LogP contribution in [0.3, 0.4) is 0 Å². The van der Waals surface area contributed by atoms with Crippen LogP contribution in [0.15, 0.2) is 71.0 Å². The smallest absolute Gasteiger partial charge is 0.213 e. The van der Waals surface area contributed by atoms with Crippen LogP contribution in [-0.4, -0.2) is 21.7 Å². The second-order valence-electron chi connectivity index (χ2n) is 6.16. The van der Waals surface area contributed by atoms with Crippen molar-refractivity contribution in [1.29, 1.82) is 0 Å². The number of hydrogen-bond acceptors (Lipinski definition) is 6. The number of nitrogens with two attached hydrogens (primary N) is 1. The fourth-order valence-corrected chi connectivity index (χ4v) is 2.39. The zero-order chi connectivity index (χ0) is 19.1. The summed E-state index contributed by atoms with van der Waals surface area (Å²) < 4.78 is 11.1. The second-order valence-corrected chi connectivity index (χ2v) is 6.16. The van der Waals surface area contributed by atoms with Crippen LogP contribution in [0, 0.1) is 0 Å². The van der Waals surface area contributed by atoms with E-state index < -0.39 is 0 Å². The Morgan fingerprint density at radius 1 is 1.19 bits per heavy atom. The van der Waals surface area contributed by atoms with Crippen LogP contribution in [0.4, 0.5) is 5.82 Å². The highest BCUT2D eigenvalue weighted by atomic mass is 16.5. The highest BCUT2D eigenvalue weighted by molar-refractivity contribution is 5.57. The maximum Gasteiger partial charge on any atom is 0.213 e. The first-order valence-electron chi connectivity index (χ1n) is 8.67. The predicted octanol–water partition coefficient (Wildman–Crippen LogP) is 4.21. The molecule has 2 N–H and O–H groups in total. The number of nitrogen functional groups attached to an aromatic ring is 1. The van der Waals surface area contributed by atoms with Crippen molar-refractivity contribution in [2.75, 3.05) is 12.3 Å². The van der Waals surface area contributed by atoms with E-state index >= 15 is 0 Å². The lowest BCUT2D eigenvalue weighted by molar-refractivity contribution is 0.338. The van der Waals surface area contributed by atoms with Gasteiger partial charge in [-0.25, -0.2) is 9.97 Å². The molecular weight excluding hydrogens is 340 g/mol. The predicted molar refractivity (Wildman–Crippen MR) is 105 cm³/mol. The Kier molecular flexibility index (Phi) is 5.99. The van der Waals surface area contributed by atoms with E-state index in [1.54, 1.807) is 18.5 Å². The molecule has 6 heteroatoms. The van der Waals surface area contributed by atoms with Crippen molar-refractivity contribution < 1.29 is 9.26 Å². The summed E-state index contributed by atoms with van der Waals surface area (Å²) in [5, 5.41) is 4.11. The average molecular weight is 362 g/mol. The second kappa shape index (κ2) is 8.80. The van der Waals surface area contributed by atoms with Gasteiger partial charge in [-0.2, -0.15) is 0 Å². The van der Waals surface area contributed by atoms with Gasteiger partial charge in [0.2, 0.25) is 5.88 Å². The van der Waals surface area contributed by atoms with E-state index in [0.717, 1.165) is 22.4 Å². The molecule has 0 unspecified atom stereocenters. The Hall–Kier alpha value is -3.41. The Morgan fingerprint density at radius 2 is 2.07 bits per heavy atom. The molecule has 0 atom stereocenters. The molecule has 0 aliphatic carbocycles. The molecule has 3 rings (SSSR count). The third-order valence-corrected chi connectivity index (χ3v) is 3.83. The van der Waals surface area contributed by atoms with E-state index in [2.05, 4.69) is 15.1 Å². The van der Waals surface area contributed by atoms with Crippen LogP contribution in [0.1, 0.15) is 25.1 Å². The normalized spacial score (nSPS) is 11.9. The summed E-state index contributed by atoms with van der Waals surface area (Å²) in [7, 11) is 0. The standard InChI is InChI=1S/C21H22N4O2/c1-3-4-5-15(2)14-26-21-9-6-16(12-24-21)10-18-11-19(27-25-18)17-7-8-20(22)23-13-17/h3-9,11-13H,10,14H2,1-2H3,(H2,22,23)/b4-3-,15-5+. The van der Waals surface area contributed by atoms with Crippen molar-refractivity contribution in [1.82, 2.24) is 15.1 Å². The molecule has 0 amide bonds.